The number of ether oxygens (including phenoxy) is 1. The van der Waals surface area contributed by atoms with Gasteiger partial charge in [0, 0.05) is 31.7 Å². The van der Waals surface area contributed by atoms with E-state index in [1.165, 1.54) is 51.7 Å². The summed E-state index contributed by atoms with van der Waals surface area (Å²) in [4.78, 5) is 0. The van der Waals surface area contributed by atoms with E-state index < -0.39 is 0 Å². The summed E-state index contributed by atoms with van der Waals surface area (Å²) >= 11 is 0. The van der Waals surface area contributed by atoms with E-state index in [4.69, 9.17) is 4.74 Å². The quantitative estimate of drug-likeness (QED) is 0.777. The van der Waals surface area contributed by atoms with Crippen LogP contribution in [0.1, 0.15) is 52.9 Å². The SMILES string of the molecule is CCCC1(CNC2CC(OC)C2(C)C)CCCNC1. The van der Waals surface area contributed by atoms with Crippen molar-refractivity contribution in [3.63, 3.8) is 0 Å². The van der Waals surface area contributed by atoms with Gasteiger partial charge in [-0.3, -0.25) is 0 Å². The molecule has 0 aromatic carbocycles. The number of piperidine rings is 1. The first-order chi connectivity index (χ1) is 9.04. The molecule has 3 nitrogen and oxygen atoms in total. The van der Waals surface area contributed by atoms with Crippen LogP contribution in [-0.2, 0) is 4.74 Å². The van der Waals surface area contributed by atoms with Gasteiger partial charge in [0.1, 0.15) is 0 Å². The summed E-state index contributed by atoms with van der Waals surface area (Å²) in [6, 6.07) is 0.619. The summed E-state index contributed by atoms with van der Waals surface area (Å²) in [5, 5.41) is 7.45. The topological polar surface area (TPSA) is 33.3 Å². The lowest BCUT2D eigenvalue weighted by Crippen LogP contribution is -2.62. The third kappa shape index (κ3) is 3.14. The van der Waals surface area contributed by atoms with E-state index in [1.54, 1.807) is 0 Å². The summed E-state index contributed by atoms with van der Waals surface area (Å²) in [6.45, 7) is 10.5. The highest BCUT2D eigenvalue weighted by Crippen LogP contribution is 2.43. The number of hydrogen-bond donors (Lipinski definition) is 2. The van der Waals surface area contributed by atoms with Crippen LogP contribution < -0.4 is 10.6 Å². The van der Waals surface area contributed by atoms with Crippen LogP contribution in [0.15, 0.2) is 0 Å². The van der Waals surface area contributed by atoms with Gasteiger partial charge in [-0.25, -0.2) is 0 Å². The van der Waals surface area contributed by atoms with E-state index in [0.29, 0.717) is 17.6 Å². The minimum absolute atomic E-state index is 0.282. The molecule has 0 amide bonds. The van der Waals surface area contributed by atoms with Gasteiger partial charge in [-0.15, -0.1) is 0 Å². The Labute approximate surface area is 118 Å². The van der Waals surface area contributed by atoms with E-state index in [2.05, 4.69) is 31.4 Å². The molecule has 19 heavy (non-hydrogen) atoms. The fraction of sp³-hybridized carbons (Fsp3) is 1.00. The molecule has 1 saturated carbocycles. The fourth-order valence-corrected chi connectivity index (χ4v) is 3.98. The maximum absolute atomic E-state index is 5.54. The first-order valence-electron chi connectivity index (χ1n) is 8.01. The minimum atomic E-state index is 0.282. The molecule has 2 rings (SSSR count). The predicted octanol–water partition coefficient (Wildman–Crippen LogP) is 2.56. The number of nitrogens with one attached hydrogen (secondary N) is 2. The average Bonchev–Trinajstić information content (AvgIpc) is 2.39. The van der Waals surface area contributed by atoms with Crippen molar-refractivity contribution in [2.24, 2.45) is 10.8 Å². The molecule has 1 heterocycles. The smallest absolute Gasteiger partial charge is 0.0652 e. The summed E-state index contributed by atoms with van der Waals surface area (Å²) < 4.78 is 5.54. The summed E-state index contributed by atoms with van der Waals surface area (Å²) in [5.41, 5.74) is 0.769. The van der Waals surface area contributed by atoms with Crippen molar-refractivity contribution < 1.29 is 4.74 Å². The third-order valence-electron chi connectivity index (χ3n) is 5.53. The van der Waals surface area contributed by atoms with Gasteiger partial charge in [0.15, 0.2) is 0 Å². The van der Waals surface area contributed by atoms with Crippen LogP contribution in [0.4, 0.5) is 0 Å². The molecular formula is C16H32N2O. The van der Waals surface area contributed by atoms with Gasteiger partial charge in [-0.1, -0.05) is 27.2 Å². The van der Waals surface area contributed by atoms with Crippen LogP contribution >= 0.6 is 0 Å². The molecule has 0 bridgehead atoms. The van der Waals surface area contributed by atoms with Gasteiger partial charge in [0.25, 0.3) is 0 Å². The van der Waals surface area contributed by atoms with Crippen LogP contribution in [0.2, 0.25) is 0 Å². The molecule has 112 valence electrons. The lowest BCUT2D eigenvalue weighted by atomic mass is 9.64. The average molecular weight is 268 g/mol. The van der Waals surface area contributed by atoms with Gasteiger partial charge in [-0.05, 0) is 37.6 Å². The van der Waals surface area contributed by atoms with Crippen molar-refractivity contribution >= 4 is 0 Å². The van der Waals surface area contributed by atoms with Gasteiger partial charge < -0.3 is 15.4 Å². The number of hydrogen-bond acceptors (Lipinski definition) is 3. The second-order valence-corrected chi connectivity index (χ2v) is 7.25. The normalized spacial score (nSPS) is 37.9. The second-order valence-electron chi connectivity index (χ2n) is 7.25. The molecule has 0 aromatic heterocycles. The lowest BCUT2D eigenvalue weighted by molar-refractivity contribution is -0.1000. The van der Waals surface area contributed by atoms with Gasteiger partial charge in [0.05, 0.1) is 6.10 Å². The molecule has 1 aliphatic carbocycles. The molecule has 1 saturated heterocycles. The molecule has 1 aliphatic heterocycles. The molecule has 2 fully saturated rings. The van der Waals surface area contributed by atoms with Crippen LogP contribution in [0.3, 0.4) is 0 Å². The summed E-state index contributed by atoms with van der Waals surface area (Å²) in [6.07, 6.45) is 6.93. The highest BCUT2D eigenvalue weighted by molar-refractivity contribution is 5.03. The lowest BCUT2D eigenvalue weighted by Gasteiger charge is -2.53. The van der Waals surface area contributed by atoms with Gasteiger partial charge in [0.2, 0.25) is 0 Å². The Morgan fingerprint density at radius 2 is 2.16 bits per heavy atom. The fourth-order valence-electron chi connectivity index (χ4n) is 3.98. The molecular weight excluding hydrogens is 236 g/mol. The Balaban J connectivity index is 1.86. The summed E-state index contributed by atoms with van der Waals surface area (Å²) in [7, 11) is 1.84. The molecule has 3 unspecified atom stereocenters. The molecule has 2 N–H and O–H groups in total. The largest absolute Gasteiger partial charge is 0.381 e. The van der Waals surface area contributed by atoms with Crippen molar-refractivity contribution in [2.75, 3.05) is 26.7 Å². The van der Waals surface area contributed by atoms with E-state index in [-0.39, 0.29) is 5.41 Å². The van der Waals surface area contributed by atoms with E-state index in [1.807, 2.05) is 7.11 Å². The maximum atomic E-state index is 5.54. The molecule has 2 aliphatic rings. The Morgan fingerprint density at radius 1 is 1.37 bits per heavy atom. The van der Waals surface area contributed by atoms with Crippen molar-refractivity contribution in [3.05, 3.63) is 0 Å². The Bertz CT molecular complexity index is 279. The van der Waals surface area contributed by atoms with E-state index >= 15 is 0 Å². The zero-order valence-corrected chi connectivity index (χ0v) is 13.2. The first kappa shape index (κ1) is 15.3. The van der Waals surface area contributed by atoms with Gasteiger partial charge in [-0.2, -0.15) is 0 Å². The van der Waals surface area contributed by atoms with Crippen molar-refractivity contribution in [1.29, 1.82) is 0 Å². The van der Waals surface area contributed by atoms with Crippen molar-refractivity contribution in [1.82, 2.24) is 10.6 Å². The zero-order chi connectivity index (χ0) is 13.9. The Hall–Kier alpha value is -0.120. The number of methoxy groups -OCH3 is 1. The minimum Gasteiger partial charge on any atom is -0.381 e. The van der Waals surface area contributed by atoms with Crippen molar-refractivity contribution in [2.45, 2.75) is 65.0 Å². The van der Waals surface area contributed by atoms with Crippen LogP contribution in [-0.4, -0.2) is 38.9 Å². The molecule has 3 atom stereocenters. The molecule has 0 radical (unpaired) electrons. The monoisotopic (exact) mass is 268 g/mol. The van der Waals surface area contributed by atoms with E-state index in [9.17, 15) is 0 Å². The van der Waals surface area contributed by atoms with Gasteiger partial charge >= 0.3 is 0 Å². The van der Waals surface area contributed by atoms with Crippen LogP contribution in [0.25, 0.3) is 0 Å². The highest BCUT2D eigenvalue weighted by atomic mass is 16.5. The van der Waals surface area contributed by atoms with Crippen LogP contribution in [0, 0.1) is 10.8 Å². The first-order valence-corrected chi connectivity index (χ1v) is 8.01. The van der Waals surface area contributed by atoms with Crippen LogP contribution in [0.5, 0.6) is 0 Å². The zero-order valence-electron chi connectivity index (χ0n) is 13.2. The van der Waals surface area contributed by atoms with E-state index in [0.717, 1.165) is 0 Å². The summed E-state index contributed by atoms with van der Waals surface area (Å²) in [5.74, 6) is 0. The predicted molar refractivity (Wildman–Crippen MR) is 80.4 cm³/mol. The van der Waals surface area contributed by atoms with Crippen molar-refractivity contribution in [3.8, 4) is 0 Å². The Kier molecular flexibility index (Phi) is 4.91. The second kappa shape index (κ2) is 6.11. The molecule has 0 spiro atoms. The molecule has 0 aromatic rings. The highest BCUT2D eigenvalue weighted by Gasteiger charge is 2.48. The standard InChI is InChI=1S/C16H32N2O/c1-5-7-16(8-6-9-17-11-16)12-18-13-10-14(19-4)15(13,2)3/h13-14,17-18H,5-12H2,1-4H3. The third-order valence-corrected chi connectivity index (χ3v) is 5.53. The Morgan fingerprint density at radius 3 is 2.68 bits per heavy atom. The maximum Gasteiger partial charge on any atom is 0.0652 e. The number of rotatable bonds is 6. The molecule has 3 heteroatoms.